The van der Waals surface area contributed by atoms with E-state index in [1.807, 2.05) is 0 Å². The van der Waals surface area contributed by atoms with Crippen LogP contribution < -0.4 is 4.72 Å². The Morgan fingerprint density at radius 1 is 1.15 bits per heavy atom. The number of ketones is 1. The molecule has 8 nitrogen and oxygen atoms in total. The molecule has 0 saturated carbocycles. The molecular formula is C17H18N4O4S. The van der Waals surface area contributed by atoms with E-state index in [-0.39, 0.29) is 16.6 Å². The second-order valence-electron chi connectivity index (χ2n) is 5.95. The number of carbonyl (C=O) groups is 1. The molecule has 0 radical (unpaired) electrons. The molecule has 0 unspecified atom stereocenters. The molecule has 0 aliphatic carbocycles. The first-order valence-corrected chi connectivity index (χ1v) is 9.31. The van der Waals surface area contributed by atoms with Crippen LogP contribution in [-0.4, -0.2) is 29.4 Å². The van der Waals surface area contributed by atoms with E-state index in [1.165, 1.54) is 13.0 Å². The summed E-state index contributed by atoms with van der Waals surface area (Å²) in [5.74, 6) is 0.313. The fraction of sp³-hybridized carbons (Fsp3) is 0.235. The summed E-state index contributed by atoms with van der Waals surface area (Å²) in [5, 5.41) is 7.70. The lowest BCUT2D eigenvalue weighted by Crippen LogP contribution is -2.15. The van der Waals surface area contributed by atoms with Crippen molar-refractivity contribution in [2.24, 2.45) is 0 Å². The highest BCUT2D eigenvalue weighted by molar-refractivity contribution is 7.93. The Morgan fingerprint density at radius 3 is 2.50 bits per heavy atom. The van der Waals surface area contributed by atoms with Crippen molar-refractivity contribution in [1.29, 1.82) is 0 Å². The number of benzene rings is 1. The van der Waals surface area contributed by atoms with Gasteiger partial charge < -0.3 is 9.40 Å². The average molecular weight is 374 g/mol. The van der Waals surface area contributed by atoms with E-state index in [0.29, 0.717) is 34.1 Å². The summed E-state index contributed by atoms with van der Waals surface area (Å²) in [6, 6.07) is 6.31. The summed E-state index contributed by atoms with van der Waals surface area (Å²) in [6.07, 6.45) is 0. The van der Waals surface area contributed by atoms with Crippen molar-refractivity contribution in [3.8, 4) is 11.5 Å². The van der Waals surface area contributed by atoms with E-state index < -0.39 is 10.0 Å². The number of aromatic amines is 1. The van der Waals surface area contributed by atoms with Gasteiger partial charge in [0.25, 0.3) is 15.9 Å². The maximum atomic E-state index is 13.0. The Kier molecular flexibility index (Phi) is 4.41. The maximum absolute atomic E-state index is 13.0. The van der Waals surface area contributed by atoms with Gasteiger partial charge in [-0.25, -0.2) is 8.42 Å². The zero-order valence-corrected chi connectivity index (χ0v) is 15.6. The van der Waals surface area contributed by atoms with Gasteiger partial charge in [-0.2, -0.15) is 0 Å². The number of anilines is 1. The van der Waals surface area contributed by atoms with Crippen LogP contribution in [0.1, 0.15) is 34.6 Å². The van der Waals surface area contributed by atoms with Crippen LogP contribution in [0.2, 0.25) is 0 Å². The van der Waals surface area contributed by atoms with Crippen LogP contribution in [-0.2, 0) is 10.0 Å². The van der Waals surface area contributed by atoms with E-state index >= 15 is 0 Å². The number of hydrogen-bond acceptors (Lipinski definition) is 6. The summed E-state index contributed by atoms with van der Waals surface area (Å²) in [7, 11) is -3.96. The lowest BCUT2D eigenvalue weighted by molar-refractivity contribution is 0.101. The van der Waals surface area contributed by atoms with Crippen LogP contribution in [0.15, 0.2) is 33.6 Å². The molecule has 0 atom stereocenters. The molecule has 0 fully saturated rings. The predicted octanol–water partition coefficient (Wildman–Crippen LogP) is 2.99. The lowest BCUT2D eigenvalue weighted by Gasteiger charge is -2.10. The lowest BCUT2D eigenvalue weighted by atomic mass is 10.1. The van der Waals surface area contributed by atoms with Gasteiger partial charge in [0.2, 0.25) is 5.89 Å². The molecule has 0 saturated heterocycles. The van der Waals surface area contributed by atoms with Crippen LogP contribution in [0, 0.1) is 20.8 Å². The maximum Gasteiger partial charge on any atom is 0.264 e. The molecule has 0 spiro atoms. The van der Waals surface area contributed by atoms with Crippen molar-refractivity contribution in [2.75, 3.05) is 4.72 Å². The molecular weight excluding hydrogens is 356 g/mol. The number of aryl methyl sites for hydroxylation is 3. The standard InChI is InChI=1S/C17H18N4O4S/c1-9-15(17-20-19-12(4)25-17)16(10(2)18-9)26(23,24)21-14-7-5-6-13(8-14)11(3)22/h5-8,18,21H,1-4H3. The number of carbonyl (C=O) groups excluding carboxylic acids is 1. The van der Waals surface area contributed by atoms with Crippen molar-refractivity contribution in [2.45, 2.75) is 32.6 Å². The molecule has 2 heterocycles. The molecule has 2 N–H and O–H groups in total. The van der Waals surface area contributed by atoms with Gasteiger partial charge >= 0.3 is 0 Å². The molecule has 26 heavy (non-hydrogen) atoms. The van der Waals surface area contributed by atoms with Crippen molar-refractivity contribution in [3.63, 3.8) is 0 Å². The Labute approximate surface area is 150 Å². The summed E-state index contributed by atoms with van der Waals surface area (Å²) in [6.45, 7) is 6.44. The van der Waals surface area contributed by atoms with E-state index in [2.05, 4.69) is 19.9 Å². The van der Waals surface area contributed by atoms with Gasteiger partial charge in [-0.3, -0.25) is 9.52 Å². The van der Waals surface area contributed by atoms with Crippen LogP contribution in [0.3, 0.4) is 0 Å². The Hall–Kier alpha value is -2.94. The molecule has 1 aromatic carbocycles. The third kappa shape index (κ3) is 3.25. The number of nitrogens with one attached hydrogen (secondary N) is 2. The van der Waals surface area contributed by atoms with Crippen LogP contribution in [0.5, 0.6) is 0 Å². The zero-order valence-electron chi connectivity index (χ0n) is 14.7. The number of hydrogen-bond donors (Lipinski definition) is 2. The topological polar surface area (TPSA) is 118 Å². The number of aromatic nitrogens is 3. The smallest absolute Gasteiger partial charge is 0.264 e. The van der Waals surface area contributed by atoms with Crippen LogP contribution in [0.4, 0.5) is 5.69 Å². The van der Waals surface area contributed by atoms with E-state index in [4.69, 9.17) is 4.42 Å². The molecule has 9 heteroatoms. The number of H-pyrrole nitrogens is 1. The minimum absolute atomic E-state index is 0.0341. The van der Waals surface area contributed by atoms with Crippen molar-refractivity contribution in [1.82, 2.24) is 15.2 Å². The first-order valence-electron chi connectivity index (χ1n) is 7.82. The van der Waals surface area contributed by atoms with Crippen molar-refractivity contribution >= 4 is 21.5 Å². The van der Waals surface area contributed by atoms with Gasteiger partial charge in [0.05, 0.1) is 5.56 Å². The summed E-state index contributed by atoms with van der Waals surface area (Å²) >= 11 is 0. The van der Waals surface area contributed by atoms with E-state index in [0.717, 1.165) is 0 Å². The average Bonchev–Trinajstić information content (AvgIpc) is 3.09. The number of rotatable bonds is 5. The van der Waals surface area contributed by atoms with Crippen LogP contribution >= 0.6 is 0 Å². The molecule has 3 aromatic rings. The molecule has 136 valence electrons. The molecule has 2 aromatic heterocycles. The first kappa shape index (κ1) is 17.9. The molecule has 0 bridgehead atoms. The fourth-order valence-corrected chi connectivity index (χ4v) is 4.26. The van der Waals surface area contributed by atoms with Gasteiger partial charge in [-0.05, 0) is 32.9 Å². The van der Waals surface area contributed by atoms with Crippen molar-refractivity contribution in [3.05, 3.63) is 47.1 Å². The third-order valence-corrected chi connectivity index (χ3v) is 5.40. The van der Waals surface area contributed by atoms with Crippen molar-refractivity contribution < 1.29 is 17.6 Å². The molecule has 0 aliphatic heterocycles. The minimum atomic E-state index is -3.96. The highest BCUT2D eigenvalue weighted by Gasteiger charge is 2.29. The van der Waals surface area contributed by atoms with Gasteiger partial charge in [-0.1, -0.05) is 12.1 Å². The van der Waals surface area contributed by atoms with Gasteiger partial charge in [0.1, 0.15) is 4.90 Å². The highest BCUT2D eigenvalue weighted by Crippen LogP contribution is 2.33. The minimum Gasteiger partial charge on any atom is -0.421 e. The van der Waals surface area contributed by atoms with Crippen LogP contribution in [0.25, 0.3) is 11.5 Å². The summed E-state index contributed by atoms with van der Waals surface area (Å²) < 4.78 is 34.0. The number of nitrogens with zero attached hydrogens (tertiary/aromatic N) is 2. The molecule has 0 amide bonds. The molecule has 0 aliphatic rings. The SMILES string of the molecule is CC(=O)c1cccc(NS(=O)(=O)c2c(C)[nH]c(C)c2-c2nnc(C)o2)c1. The highest BCUT2D eigenvalue weighted by atomic mass is 32.2. The Bertz CT molecular complexity index is 1100. The largest absolute Gasteiger partial charge is 0.421 e. The molecule has 3 rings (SSSR count). The normalized spacial score (nSPS) is 11.5. The summed E-state index contributed by atoms with van der Waals surface area (Å²) in [5.41, 5.74) is 2.09. The first-order chi connectivity index (χ1) is 12.2. The fourth-order valence-electron chi connectivity index (χ4n) is 2.76. The predicted molar refractivity (Wildman–Crippen MR) is 95.6 cm³/mol. The second-order valence-corrected chi connectivity index (χ2v) is 7.57. The Morgan fingerprint density at radius 2 is 1.88 bits per heavy atom. The van der Waals surface area contributed by atoms with Gasteiger partial charge in [0, 0.05) is 29.6 Å². The van der Waals surface area contributed by atoms with E-state index in [9.17, 15) is 13.2 Å². The number of Topliss-reactive ketones (excluding diaryl/α,β-unsaturated/α-hetero) is 1. The summed E-state index contributed by atoms with van der Waals surface area (Å²) in [4.78, 5) is 14.6. The van der Waals surface area contributed by atoms with Gasteiger partial charge in [-0.15, -0.1) is 10.2 Å². The third-order valence-electron chi connectivity index (χ3n) is 3.85. The van der Waals surface area contributed by atoms with E-state index in [1.54, 1.807) is 39.0 Å². The quantitative estimate of drug-likeness (QED) is 0.663. The number of sulfonamides is 1. The Balaban J connectivity index is 2.08. The second kappa shape index (κ2) is 6.41. The van der Waals surface area contributed by atoms with Gasteiger partial charge in [0.15, 0.2) is 5.78 Å². The zero-order chi connectivity index (χ0) is 19.1. The monoisotopic (exact) mass is 374 g/mol.